The van der Waals surface area contributed by atoms with Crippen LogP contribution in [-0.4, -0.2) is 17.7 Å². The van der Waals surface area contributed by atoms with Crippen molar-refractivity contribution in [2.45, 2.75) is 21.3 Å². The molecule has 0 saturated heterocycles. The fourth-order valence-electron chi connectivity index (χ4n) is 0. The van der Waals surface area contributed by atoms with Crippen LogP contribution in [0.2, 0.25) is 0 Å². The van der Waals surface area contributed by atoms with E-state index in [1.165, 1.54) is 13.2 Å². The Labute approximate surface area is 73.7 Å². The van der Waals surface area contributed by atoms with E-state index in [4.69, 9.17) is 14.7 Å². The van der Waals surface area contributed by atoms with E-state index >= 15 is 0 Å². The molecule has 0 rings (SSSR count). The van der Waals surface area contributed by atoms with E-state index < -0.39 is 5.97 Å². The van der Waals surface area contributed by atoms with Gasteiger partial charge in [-0.25, -0.2) is 0 Å². The smallest absolute Gasteiger partial charge is 0.870 e. The average molecular weight is 201 g/mol. The molecule has 4 nitrogen and oxygen atoms in total. The minimum absolute atomic E-state index is 0. The molecule has 0 unspecified atom stereocenters. The van der Waals surface area contributed by atoms with Gasteiger partial charge in [-0.15, -0.1) is 0 Å². The van der Waals surface area contributed by atoms with Crippen molar-refractivity contribution in [3.63, 3.8) is 0 Å². The first kappa shape index (κ1) is 33.2. The molecule has 10 heavy (non-hydrogen) atoms. The van der Waals surface area contributed by atoms with Crippen molar-refractivity contribution in [1.29, 1.82) is 0 Å². The van der Waals surface area contributed by atoms with Gasteiger partial charge in [0.25, 0.3) is 0 Å². The zero-order valence-electron chi connectivity index (χ0n) is 5.38. The fraction of sp³-hybridized carbons (Fsp3) is 0.600. The van der Waals surface area contributed by atoms with E-state index in [9.17, 15) is 0 Å². The van der Waals surface area contributed by atoms with Crippen LogP contribution in [0.1, 0.15) is 21.3 Å². The molecule has 1 N–H and O–H groups in total. The SMILES string of the molecule is C.CC(=O)[O-].C[C-]=O.[OH-].[Zn+2]. The van der Waals surface area contributed by atoms with Gasteiger partial charge >= 0.3 is 19.5 Å². The van der Waals surface area contributed by atoms with Gasteiger partial charge in [0.2, 0.25) is 0 Å². The molecule has 0 aromatic rings. The van der Waals surface area contributed by atoms with Gasteiger partial charge in [-0.1, -0.05) is 7.43 Å². The second-order valence-electron chi connectivity index (χ2n) is 0.696. The van der Waals surface area contributed by atoms with E-state index in [2.05, 4.69) is 0 Å². The maximum Gasteiger partial charge on any atom is 2.00 e. The number of carboxylic acids is 1. The van der Waals surface area contributed by atoms with Crippen molar-refractivity contribution in [1.82, 2.24) is 0 Å². The van der Waals surface area contributed by atoms with Crippen LogP contribution in [0.5, 0.6) is 0 Å². The molecule has 0 atom stereocenters. The Morgan fingerprint density at radius 3 is 1.50 bits per heavy atom. The first-order valence-electron chi connectivity index (χ1n) is 1.61. The monoisotopic (exact) mass is 199 g/mol. The molecule has 0 aliphatic heterocycles. The van der Waals surface area contributed by atoms with Gasteiger partial charge in [0.05, 0.1) is 0 Å². The molecule has 0 saturated carbocycles. The van der Waals surface area contributed by atoms with Crippen molar-refractivity contribution in [2.24, 2.45) is 0 Å². The zero-order chi connectivity index (χ0) is 6.28. The molecular weight excluding hydrogens is 189 g/mol. The minimum Gasteiger partial charge on any atom is -0.870 e. The van der Waals surface area contributed by atoms with Crippen LogP contribution >= 0.6 is 0 Å². The predicted octanol–water partition coefficient (Wildman–Crippen LogP) is -0.671. The molecule has 0 aliphatic carbocycles. The molecule has 58 valence electrons. The van der Waals surface area contributed by atoms with Crippen molar-refractivity contribution >= 4 is 12.3 Å². The Morgan fingerprint density at radius 1 is 1.50 bits per heavy atom. The Hall–Kier alpha value is -0.277. The summed E-state index contributed by atoms with van der Waals surface area (Å²) in [7, 11) is 0. The quantitative estimate of drug-likeness (QED) is 0.383. The third kappa shape index (κ3) is 4560. The average Bonchev–Trinajstić information content (AvgIpc) is 1.33. The molecule has 5 heteroatoms. The van der Waals surface area contributed by atoms with E-state index in [1.54, 1.807) is 0 Å². The summed E-state index contributed by atoms with van der Waals surface area (Å²) < 4.78 is 0. The van der Waals surface area contributed by atoms with Crippen molar-refractivity contribution in [2.75, 3.05) is 0 Å². The third-order valence-corrected chi connectivity index (χ3v) is 0. The zero-order valence-corrected chi connectivity index (χ0v) is 8.35. The maximum atomic E-state index is 8.89. The molecule has 0 aromatic carbocycles. The largest absolute Gasteiger partial charge is 2.00 e. The summed E-state index contributed by atoms with van der Waals surface area (Å²) in [5, 5.41) is 8.89. The molecule has 0 amide bonds. The van der Waals surface area contributed by atoms with E-state index in [1.807, 2.05) is 0 Å². The van der Waals surface area contributed by atoms with Gasteiger partial charge in [0, 0.05) is 5.97 Å². The van der Waals surface area contributed by atoms with Crippen LogP contribution in [0.25, 0.3) is 0 Å². The van der Waals surface area contributed by atoms with Crippen LogP contribution in [0.4, 0.5) is 0 Å². The molecule has 0 fully saturated rings. The Morgan fingerprint density at radius 2 is 1.50 bits per heavy atom. The third-order valence-electron chi connectivity index (χ3n) is 0. The van der Waals surface area contributed by atoms with Gasteiger partial charge in [-0.05, 0) is 6.92 Å². The van der Waals surface area contributed by atoms with Gasteiger partial charge in [-0.2, -0.15) is 6.92 Å². The van der Waals surface area contributed by atoms with Crippen molar-refractivity contribution in [3.05, 3.63) is 0 Å². The molecular formula is C5H11O4Zn-. The first-order valence-corrected chi connectivity index (χ1v) is 1.61. The summed E-state index contributed by atoms with van der Waals surface area (Å²) in [5.41, 5.74) is 0. The number of carbonyl (C=O) groups is 1. The topological polar surface area (TPSA) is 87.2 Å². The number of carboxylic acid groups (broad SMARTS) is 1. The second-order valence-corrected chi connectivity index (χ2v) is 0.696. The molecule has 0 radical (unpaired) electrons. The Bertz CT molecular complexity index is 60.7. The van der Waals surface area contributed by atoms with Crippen LogP contribution in [0.15, 0.2) is 0 Å². The van der Waals surface area contributed by atoms with E-state index in [0.29, 0.717) is 0 Å². The molecule has 0 bridgehead atoms. The Kier molecular flexibility index (Phi) is 124. The molecule has 0 heterocycles. The summed E-state index contributed by atoms with van der Waals surface area (Å²) in [6.45, 7) is 2.29. The maximum absolute atomic E-state index is 8.89. The van der Waals surface area contributed by atoms with Crippen LogP contribution in [0, 0.1) is 0 Å². The number of carbonyl (C=O) groups excluding carboxylic acids is 2. The summed E-state index contributed by atoms with van der Waals surface area (Å²) >= 11 is 0. The number of hydrogen-bond donors (Lipinski definition) is 0. The minimum atomic E-state index is -1.08. The van der Waals surface area contributed by atoms with Crippen molar-refractivity contribution < 1.29 is 39.6 Å². The number of rotatable bonds is 0. The number of aliphatic carboxylic acids is 1. The summed E-state index contributed by atoms with van der Waals surface area (Å²) in [4.78, 5) is 17.6. The molecule has 0 aromatic heterocycles. The standard InChI is InChI=1S/C2H4O2.C2H3O.CH4.H2O.Zn/c1-2(3)4;1-2-3;;;/h1H3,(H,3,4);1H3;1H4;1H2;/q;-1;;;+2/p-2. The number of hydrogen-bond acceptors (Lipinski definition) is 4. The summed E-state index contributed by atoms with van der Waals surface area (Å²) in [6, 6.07) is 0. The van der Waals surface area contributed by atoms with Gasteiger partial charge < -0.3 is 20.2 Å². The first-order chi connectivity index (χ1) is 3.15. The van der Waals surface area contributed by atoms with E-state index in [-0.39, 0.29) is 32.4 Å². The van der Waals surface area contributed by atoms with Gasteiger partial charge in [0.15, 0.2) is 0 Å². The normalized spacial score (nSPS) is 3.80. The Balaban J connectivity index is -0.0000000131. The van der Waals surface area contributed by atoms with Crippen molar-refractivity contribution in [3.8, 4) is 0 Å². The second kappa shape index (κ2) is 37.5. The molecule has 0 aliphatic rings. The predicted molar refractivity (Wildman–Crippen MR) is 30.7 cm³/mol. The van der Waals surface area contributed by atoms with E-state index in [0.717, 1.165) is 6.92 Å². The van der Waals surface area contributed by atoms with Crippen LogP contribution < -0.4 is 5.11 Å². The molecule has 0 spiro atoms. The van der Waals surface area contributed by atoms with Crippen LogP contribution in [0.3, 0.4) is 0 Å². The van der Waals surface area contributed by atoms with Crippen LogP contribution in [-0.2, 0) is 29.1 Å². The summed E-state index contributed by atoms with van der Waals surface area (Å²) in [5.74, 6) is -1.08. The summed E-state index contributed by atoms with van der Waals surface area (Å²) in [6.07, 6.45) is 1.50. The van der Waals surface area contributed by atoms with Gasteiger partial charge in [0.1, 0.15) is 0 Å². The van der Waals surface area contributed by atoms with Gasteiger partial charge in [-0.3, -0.25) is 6.29 Å². The fourth-order valence-corrected chi connectivity index (χ4v) is 0.